The summed E-state index contributed by atoms with van der Waals surface area (Å²) >= 11 is 1.51. The van der Waals surface area contributed by atoms with Gasteiger partial charge in [0.2, 0.25) is 5.91 Å². The Kier molecular flexibility index (Phi) is 5.93. The minimum atomic E-state index is -0.483. The topological polar surface area (TPSA) is 46.6 Å². The summed E-state index contributed by atoms with van der Waals surface area (Å²) in [5.74, 6) is 2.48. The van der Waals surface area contributed by atoms with Crippen molar-refractivity contribution in [3.63, 3.8) is 0 Å². The number of ether oxygens (including phenoxy) is 1. The number of fused-ring (bicyclic) bond motifs is 2. The highest BCUT2D eigenvalue weighted by atomic mass is 32.1. The first-order valence-electron chi connectivity index (χ1n) is 11.2. The van der Waals surface area contributed by atoms with E-state index in [0.29, 0.717) is 12.3 Å². The zero-order valence-corrected chi connectivity index (χ0v) is 19.4. The molecule has 0 radical (unpaired) electrons. The maximum absolute atomic E-state index is 13.4. The molecule has 1 saturated carbocycles. The number of piperidine rings is 1. The molecule has 1 saturated heterocycles. The van der Waals surface area contributed by atoms with Crippen LogP contribution in [0.3, 0.4) is 0 Å². The molecule has 1 aromatic heterocycles. The van der Waals surface area contributed by atoms with Crippen molar-refractivity contribution < 1.29 is 14.3 Å². The normalized spacial score (nSPS) is 22.1. The number of nitrogens with zero attached hydrogens (tertiary/aromatic N) is 1. The van der Waals surface area contributed by atoms with Crippen LogP contribution in [0.15, 0.2) is 18.2 Å². The van der Waals surface area contributed by atoms with E-state index in [-0.39, 0.29) is 11.7 Å². The third-order valence-electron chi connectivity index (χ3n) is 6.86. The molecule has 1 aliphatic heterocycles. The SMILES string of the molecule is COc1ccc2sc(C(=O)C(C)(C)C)c(CC(=O)N3CC[C@H]4CCCC[C@H]4C3)c2c1. The van der Waals surface area contributed by atoms with E-state index in [1.54, 1.807) is 7.11 Å². The number of benzene rings is 1. The first-order chi connectivity index (χ1) is 14.3. The number of thiophene rings is 1. The van der Waals surface area contributed by atoms with Gasteiger partial charge in [-0.1, -0.05) is 40.0 Å². The Balaban J connectivity index is 1.64. The van der Waals surface area contributed by atoms with Crippen molar-refractivity contribution in [1.82, 2.24) is 4.90 Å². The number of hydrogen-bond acceptors (Lipinski definition) is 4. The first-order valence-corrected chi connectivity index (χ1v) is 12.0. The van der Waals surface area contributed by atoms with Gasteiger partial charge >= 0.3 is 0 Å². The van der Waals surface area contributed by atoms with Crippen molar-refractivity contribution in [2.24, 2.45) is 17.3 Å². The number of Topliss-reactive ketones (excluding diaryl/α,β-unsaturated/α-hetero) is 1. The van der Waals surface area contributed by atoms with E-state index in [2.05, 4.69) is 4.90 Å². The van der Waals surface area contributed by atoms with Crippen LogP contribution in [0.4, 0.5) is 0 Å². The van der Waals surface area contributed by atoms with E-state index in [9.17, 15) is 9.59 Å². The van der Waals surface area contributed by atoms with Gasteiger partial charge in [0, 0.05) is 28.6 Å². The lowest BCUT2D eigenvalue weighted by Crippen LogP contribution is -2.45. The molecule has 5 heteroatoms. The molecule has 0 unspecified atom stereocenters. The molecule has 1 aromatic carbocycles. The van der Waals surface area contributed by atoms with Crippen LogP contribution in [-0.4, -0.2) is 36.8 Å². The summed E-state index contributed by atoms with van der Waals surface area (Å²) in [6.07, 6.45) is 6.63. The number of rotatable bonds is 4. The molecule has 0 bridgehead atoms. The molecule has 0 spiro atoms. The summed E-state index contributed by atoms with van der Waals surface area (Å²) in [7, 11) is 1.65. The Bertz CT molecular complexity index is 955. The number of carbonyl (C=O) groups excluding carboxylic acids is 2. The van der Waals surface area contributed by atoms with E-state index < -0.39 is 5.41 Å². The molecular formula is C25H33NO3S. The molecule has 4 rings (SSSR count). The Morgan fingerprint density at radius 1 is 1.13 bits per heavy atom. The highest BCUT2D eigenvalue weighted by Crippen LogP contribution is 2.39. The average Bonchev–Trinajstić information content (AvgIpc) is 3.09. The van der Waals surface area contributed by atoms with Gasteiger partial charge < -0.3 is 9.64 Å². The molecule has 2 fully saturated rings. The van der Waals surface area contributed by atoms with E-state index >= 15 is 0 Å². The molecule has 2 heterocycles. The highest BCUT2D eigenvalue weighted by molar-refractivity contribution is 7.21. The van der Waals surface area contributed by atoms with Gasteiger partial charge in [0.25, 0.3) is 0 Å². The van der Waals surface area contributed by atoms with Crippen LogP contribution in [0.5, 0.6) is 5.75 Å². The lowest BCUT2D eigenvalue weighted by Gasteiger charge is -2.41. The van der Waals surface area contributed by atoms with Crippen molar-refractivity contribution in [1.29, 1.82) is 0 Å². The molecule has 30 heavy (non-hydrogen) atoms. The van der Waals surface area contributed by atoms with Gasteiger partial charge in [-0.2, -0.15) is 0 Å². The van der Waals surface area contributed by atoms with Crippen molar-refractivity contribution in [2.45, 2.75) is 59.3 Å². The van der Waals surface area contributed by atoms with E-state index in [0.717, 1.165) is 51.7 Å². The minimum Gasteiger partial charge on any atom is -0.497 e. The Hall–Kier alpha value is -1.88. The summed E-state index contributed by atoms with van der Waals surface area (Å²) in [6, 6.07) is 5.89. The Labute approximate surface area is 183 Å². The predicted octanol–water partition coefficient (Wildman–Crippen LogP) is 5.72. The van der Waals surface area contributed by atoms with Gasteiger partial charge in [-0.25, -0.2) is 0 Å². The van der Waals surface area contributed by atoms with Gasteiger partial charge in [0.15, 0.2) is 5.78 Å². The third-order valence-corrected chi connectivity index (χ3v) is 8.07. The summed E-state index contributed by atoms with van der Waals surface area (Å²) in [6.45, 7) is 7.57. The molecule has 0 N–H and O–H groups in total. The van der Waals surface area contributed by atoms with Crippen LogP contribution in [0, 0.1) is 17.3 Å². The molecule has 4 nitrogen and oxygen atoms in total. The van der Waals surface area contributed by atoms with Crippen LogP contribution in [0.25, 0.3) is 10.1 Å². The molecular weight excluding hydrogens is 394 g/mol. The third kappa shape index (κ3) is 4.14. The minimum absolute atomic E-state index is 0.108. The molecule has 162 valence electrons. The van der Waals surface area contributed by atoms with Crippen LogP contribution in [-0.2, 0) is 11.2 Å². The quantitative estimate of drug-likeness (QED) is 0.586. The maximum atomic E-state index is 13.4. The van der Waals surface area contributed by atoms with Gasteiger partial charge in [-0.3, -0.25) is 9.59 Å². The number of methoxy groups -OCH3 is 1. The largest absolute Gasteiger partial charge is 0.497 e. The van der Waals surface area contributed by atoms with Crippen molar-refractivity contribution in [3.8, 4) is 5.75 Å². The van der Waals surface area contributed by atoms with Crippen LogP contribution < -0.4 is 4.74 Å². The van der Waals surface area contributed by atoms with Crippen LogP contribution in [0.1, 0.15) is 68.1 Å². The van der Waals surface area contributed by atoms with Gasteiger partial charge in [0.05, 0.1) is 18.4 Å². The number of hydrogen-bond donors (Lipinski definition) is 0. The Morgan fingerprint density at radius 3 is 2.57 bits per heavy atom. The second-order valence-electron chi connectivity index (χ2n) is 9.96. The second kappa shape index (κ2) is 8.33. The molecule has 1 amide bonds. The Morgan fingerprint density at radius 2 is 1.87 bits per heavy atom. The van der Waals surface area contributed by atoms with Gasteiger partial charge in [-0.15, -0.1) is 11.3 Å². The van der Waals surface area contributed by atoms with Crippen LogP contribution >= 0.6 is 11.3 Å². The molecule has 2 atom stereocenters. The second-order valence-corrected chi connectivity index (χ2v) is 11.0. The summed E-state index contributed by atoms with van der Waals surface area (Å²) in [4.78, 5) is 29.3. The van der Waals surface area contributed by atoms with Crippen LogP contribution in [0.2, 0.25) is 0 Å². The first kappa shape index (κ1) is 21.4. The van der Waals surface area contributed by atoms with Crippen molar-refractivity contribution >= 4 is 33.1 Å². The zero-order chi connectivity index (χ0) is 21.5. The number of ketones is 1. The number of carbonyl (C=O) groups is 2. The van der Waals surface area contributed by atoms with E-state index in [4.69, 9.17) is 4.74 Å². The maximum Gasteiger partial charge on any atom is 0.227 e. The fourth-order valence-corrected chi connectivity index (χ4v) is 6.40. The molecule has 1 aliphatic carbocycles. The summed E-state index contributed by atoms with van der Waals surface area (Å²) < 4.78 is 6.46. The fourth-order valence-electron chi connectivity index (χ4n) is 5.04. The van der Waals surface area contributed by atoms with Crippen molar-refractivity contribution in [2.75, 3.05) is 20.2 Å². The van der Waals surface area contributed by atoms with Gasteiger partial charge in [-0.05, 0) is 48.4 Å². The lowest BCUT2D eigenvalue weighted by atomic mass is 9.75. The monoisotopic (exact) mass is 427 g/mol. The van der Waals surface area contributed by atoms with E-state index in [1.807, 2.05) is 39.0 Å². The average molecular weight is 428 g/mol. The zero-order valence-electron chi connectivity index (χ0n) is 18.6. The smallest absolute Gasteiger partial charge is 0.227 e. The van der Waals surface area contributed by atoms with E-state index in [1.165, 1.54) is 37.0 Å². The summed E-state index contributed by atoms with van der Waals surface area (Å²) in [5.41, 5.74) is 0.396. The molecule has 2 aliphatic rings. The highest BCUT2D eigenvalue weighted by Gasteiger charge is 2.34. The lowest BCUT2D eigenvalue weighted by molar-refractivity contribution is -0.133. The van der Waals surface area contributed by atoms with Crippen molar-refractivity contribution in [3.05, 3.63) is 28.6 Å². The van der Waals surface area contributed by atoms with Gasteiger partial charge in [0.1, 0.15) is 5.75 Å². The molecule has 2 aromatic rings. The number of amides is 1. The predicted molar refractivity (Wildman–Crippen MR) is 123 cm³/mol. The fraction of sp³-hybridized carbons (Fsp3) is 0.600. The summed E-state index contributed by atoms with van der Waals surface area (Å²) in [5, 5.41) is 0.979. The standard InChI is InChI=1S/C25H33NO3S/c1-25(2,3)24(28)23-20(19-13-18(29-4)9-10-21(19)30-23)14-22(27)26-12-11-16-7-5-6-8-17(16)15-26/h9-10,13,16-17H,5-8,11-12,14-15H2,1-4H3/t16-,17+/m1/s1. The number of likely N-dealkylation sites (tertiary alicyclic amines) is 1.